The number of amides is 1. The number of nitrogens with zero attached hydrogens (tertiary/aromatic N) is 4. The standard InChI is InChI=1S/C19H15Cl2N5OS/c1-9-6-12(10(2)25(9)16-8-13(20)4-5-15(16)21)7-14-17(22)26-19(23-18(14)27)28-11(3)24-26/h4-8,22H,1-3H3. The number of carbonyl (C=O) groups is 1. The first-order valence-electron chi connectivity index (χ1n) is 8.37. The summed E-state index contributed by atoms with van der Waals surface area (Å²) in [6.07, 6.45) is 1.68. The van der Waals surface area contributed by atoms with Crippen LogP contribution in [0.4, 0.5) is 0 Å². The maximum Gasteiger partial charge on any atom is 0.283 e. The number of thioether (sulfide) groups is 1. The van der Waals surface area contributed by atoms with Crippen molar-refractivity contribution in [2.45, 2.75) is 20.8 Å². The first-order chi connectivity index (χ1) is 13.3. The van der Waals surface area contributed by atoms with E-state index in [1.54, 1.807) is 24.3 Å². The summed E-state index contributed by atoms with van der Waals surface area (Å²) in [6.45, 7) is 5.69. The molecule has 2 aliphatic rings. The molecule has 3 heterocycles. The van der Waals surface area contributed by atoms with E-state index >= 15 is 0 Å². The minimum atomic E-state index is -0.445. The van der Waals surface area contributed by atoms with Gasteiger partial charge in [-0.2, -0.15) is 15.1 Å². The number of hydrogen-bond acceptors (Lipinski definition) is 4. The summed E-state index contributed by atoms with van der Waals surface area (Å²) in [4.78, 5) is 16.6. The fourth-order valence-electron chi connectivity index (χ4n) is 3.20. The molecule has 0 saturated carbocycles. The molecule has 1 aromatic carbocycles. The van der Waals surface area contributed by atoms with Crippen molar-refractivity contribution in [3.05, 3.63) is 56.8 Å². The van der Waals surface area contributed by atoms with Crippen LogP contribution in [0, 0.1) is 19.3 Å². The average molecular weight is 432 g/mol. The van der Waals surface area contributed by atoms with Gasteiger partial charge in [-0.05, 0) is 68.4 Å². The van der Waals surface area contributed by atoms with Crippen molar-refractivity contribution in [1.82, 2.24) is 9.58 Å². The van der Waals surface area contributed by atoms with E-state index in [9.17, 15) is 4.79 Å². The molecule has 1 amide bonds. The number of hydrogen-bond donors (Lipinski definition) is 1. The molecule has 0 bridgehead atoms. The molecular formula is C19H15Cl2N5OS. The first-order valence-corrected chi connectivity index (χ1v) is 9.94. The van der Waals surface area contributed by atoms with Crippen molar-refractivity contribution in [1.29, 1.82) is 5.41 Å². The monoisotopic (exact) mass is 431 g/mol. The molecule has 0 atom stereocenters. The third-order valence-electron chi connectivity index (χ3n) is 4.47. The smallest absolute Gasteiger partial charge is 0.283 e. The number of amidine groups is 2. The SMILES string of the molecule is CC1=NN2C(=N)C(=Cc3cc(C)n(-c4cc(Cl)ccc4Cl)c3C)C(=O)N=C2S1. The molecule has 9 heteroatoms. The van der Waals surface area contributed by atoms with Crippen LogP contribution in [0.2, 0.25) is 10.0 Å². The number of carbonyl (C=O) groups excluding carboxylic acids is 1. The van der Waals surface area contributed by atoms with Gasteiger partial charge in [0.25, 0.3) is 5.91 Å². The summed E-state index contributed by atoms with van der Waals surface area (Å²) < 4.78 is 1.97. The Hall–Kier alpha value is -2.35. The van der Waals surface area contributed by atoms with Crippen LogP contribution < -0.4 is 0 Å². The molecule has 0 fully saturated rings. The number of nitrogens with one attached hydrogen (secondary N) is 1. The Balaban J connectivity index is 1.81. The highest BCUT2D eigenvalue weighted by atomic mass is 35.5. The van der Waals surface area contributed by atoms with Crippen LogP contribution in [0.5, 0.6) is 0 Å². The van der Waals surface area contributed by atoms with Gasteiger partial charge < -0.3 is 4.57 Å². The maximum absolute atomic E-state index is 12.5. The van der Waals surface area contributed by atoms with E-state index in [0.717, 1.165) is 27.7 Å². The van der Waals surface area contributed by atoms with Gasteiger partial charge in [0.15, 0.2) is 5.84 Å². The highest BCUT2D eigenvalue weighted by molar-refractivity contribution is 8.26. The zero-order valence-corrected chi connectivity index (χ0v) is 17.6. The zero-order chi connectivity index (χ0) is 20.2. The quantitative estimate of drug-likeness (QED) is 0.676. The number of aromatic nitrogens is 1. The molecule has 142 valence electrons. The van der Waals surface area contributed by atoms with E-state index in [0.29, 0.717) is 15.2 Å². The van der Waals surface area contributed by atoms with Gasteiger partial charge in [-0.3, -0.25) is 10.2 Å². The van der Waals surface area contributed by atoms with Gasteiger partial charge in [0.05, 0.1) is 21.3 Å². The summed E-state index contributed by atoms with van der Waals surface area (Å²) in [5, 5.41) is 16.3. The summed E-state index contributed by atoms with van der Waals surface area (Å²) in [5.41, 5.74) is 3.56. The van der Waals surface area contributed by atoms with Gasteiger partial charge in [0, 0.05) is 16.4 Å². The molecule has 0 unspecified atom stereocenters. The van der Waals surface area contributed by atoms with Gasteiger partial charge in [-0.25, -0.2) is 0 Å². The molecule has 2 aromatic rings. The summed E-state index contributed by atoms with van der Waals surface area (Å²) in [5.74, 6) is -0.427. The van der Waals surface area contributed by atoms with Crippen molar-refractivity contribution in [3.63, 3.8) is 0 Å². The number of halogens is 2. The predicted octanol–water partition coefficient (Wildman–Crippen LogP) is 5.04. The normalized spacial score (nSPS) is 17.9. The largest absolute Gasteiger partial charge is 0.316 e. The average Bonchev–Trinajstić information content (AvgIpc) is 3.13. The van der Waals surface area contributed by atoms with Crippen molar-refractivity contribution >= 4 is 63.0 Å². The van der Waals surface area contributed by atoms with Crippen LogP contribution in [-0.2, 0) is 4.79 Å². The molecule has 1 N–H and O–H groups in total. The minimum absolute atomic E-state index is 0.0185. The predicted molar refractivity (Wildman–Crippen MR) is 116 cm³/mol. The van der Waals surface area contributed by atoms with Crippen LogP contribution in [0.1, 0.15) is 23.9 Å². The summed E-state index contributed by atoms with van der Waals surface area (Å²) >= 11 is 13.8. The maximum atomic E-state index is 12.5. The molecule has 28 heavy (non-hydrogen) atoms. The van der Waals surface area contributed by atoms with Crippen molar-refractivity contribution in [2.24, 2.45) is 10.1 Å². The number of hydrazone groups is 1. The lowest BCUT2D eigenvalue weighted by Gasteiger charge is -2.20. The lowest BCUT2D eigenvalue weighted by molar-refractivity contribution is -0.114. The first kappa shape index (κ1) is 19.0. The van der Waals surface area contributed by atoms with Crippen molar-refractivity contribution in [3.8, 4) is 5.69 Å². The van der Waals surface area contributed by atoms with Crippen molar-refractivity contribution < 1.29 is 4.79 Å². The van der Waals surface area contributed by atoms with Gasteiger partial charge in [-0.1, -0.05) is 23.2 Å². The molecule has 0 aliphatic carbocycles. The fourth-order valence-corrected chi connectivity index (χ4v) is 4.31. The topological polar surface area (TPSA) is 73.8 Å². The molecule has 0 spiro atoms. The molecule has 4 rings (SSSR count). The van der Waals surface area contributed by atoms with Crippen molar-refractivity contribution in [2.75, 3.05) is 0 Å². The van der Waals surface area contributed by atoms with E-state index in [1.807, 2.05) is 31.4 Å². The van der Waals surface area contributed by atoms with Crippen LogP contribution in [0.3, 0.4) is 0 Å². The van der Waals surface area contributed by atoms with Gasteiger partial charge in [0.1, 0.15) is 0 Å². The molecular weight excluding hydrogens is 417 g/mol. The second-order valence-electron chi connectivity index (χ2n) is 6.40. The lowest BCUT2D eigenvalue weighted by atomic mass is 10.1. The third kappa shape index (κ3) is 3.09. The molecule has 6 nitrogen and oxygen atoms in total. The number of rotatable bonds is 2. The lowest BCUT2D eigenvalue weighted by Crippen LogP contribution is -2.35. The van der Waals surface area contributed by atoms with E-state index in [1.165, 1.54) is 16.8 Å². The highest BCUT2D eigenvalue weighted by Crippen LogP contribution is 2.32. The Kier molecular flexibility index (Phi) is 4.69. The summed E-state index contributed by atoms with van der Waals surface area (Å²) in [7, 11) is 0. The van der Waals surface area contributed by atoms with E-state index in [-0.39, 0.29) is 11.4 Å². The fraction of sp³-hybridized carbons (Fsp3) is 0.158. The minimum Gasteiger partial charge on any atom is -0.316 e. The molecule has 0 saturated heterocycles. The number of aryl methyl sites for hydroxylation is 1. The van der Waals surface area contributed by atoms with Gasteiger partial charge in [0.2, 0.25) is 5.17 Å². The Morgan fingerprint density at radius 2 is 1.93 bits per heavy atom. The Morgan fingerprint density at radius 3 is 2.68 bits per heavy atom. The highest BCUT2D eigenvalue weighted by Gasteiger charge is 2.34. The molecule has 2 aliphatic heterocycles. The second-order valence-corrected chi connectivity index (χ2v) is 8.40. The Labute approximate surface area is 176 Å². The number of aliphatic imine (C=N–C) groups is 1. The Bertz CT molecular complexity index is 1150. The third-order valence-corrected chi connectivity index (χ3v) is 5.85. The van der Waals surface area contributed by atoms with E-state index < -0.39 is 5.91 Å². The van der Waals surface area contributed by atoms with Gasteiger partial charge >= 0.3 is 0 Å². The van der Waals surface area contributed by atoms with Crippen LogP contribution >= 0.6 is 35.0 Å². The summed E-state index contributed by atoms with van der Waals surface area (Å²) in [6, 6.07) is 7.22. The van der Waals surface area contributed by atoms with Crippen LogP contribution in [0.25, 0.3) is 11.8 Å². The zero-order valence-electron chi connectivity index (χ0n) is 15.2. The molecule has 0 radical (unpaired) electrons. The van der Waals surface area contributed by atoms with Crippen LogP contribution in [0.15, 0.2) is 39.9 Å². The van der Waals surface area contributed by atoms with Gasteiger partial charge in [-0.15, -0.1) is 0 Å². The Morgan fingerprint density at radius 1 is 1.18 bits per heavy atom. The van der Waals surface area contributed by atoms with Crippen LogP contribution in [-0.4, -0.2) is 31.5 Å². The number of benzene rings is 1. The number of fused-ring (bicyclic) bond motifs is 1. The second kappa shape index (κ2) is 6.92. The van der Waals surface area contributed by atoms with E-state index in [4.69, 9.17) is 28.6 Å². The van der Waals surface area contributed by atoms with E-state index in [2.05, 4.69) is 10.1 Å². The molecule has 1 aromatic heterocycles.